The van der Waals surface area contributed by atoms with Crippen LogP contribution in [0.2, 0.25) is 0 Å². The summed E-state index contributed by atoms with van der Waals surface area (Å²) in [7, 11) is 0. The minimum Gasteiger partial charge on any atom is -0.309 e. The second-order valence-electron chi connectivity index (χ2n) is 3.56. The van der Waals surface area contributed by atoms with Gasteiger partial charge in [-0.15, -0.1) is 0 Å². The van der Waals surface area contributed by atoms with Gasteiger partial charge in [-0.3, -0.25) is 4.98 Å². The zero-order valence-electron chi connectivity index (χ0n) is 8.86. The molecule has 0 unspecified atom stereocenters. The zero-order valence-corrected chi connectivity index (χ0v) is 10.4. The van der Waals surface area contributed by atoms with Crippen LogP contribution in [0.3, 0.4) is 0 Å². The Morgan fingerprint density at radius 1 is 1.06 bits per heavy atom. The molecule has 0 fully saturated rings. The molecule has 82 valence electrons. The van der Waals surface area contributed by atoms with Crippen LogP contribution in [0.1, 0.15) is 11.1 Å². The number of hydrogen-bond donors (Lipinski definition) is 1. The van der Waals surface area contributed by atoms with Crippen LogP contribution in [-0.4, -0.2) is 4.98 Å². The van der Waals surface area contributed by atoms with Crippen molar-refractivity contribution < 1.29 is 0 Å². The van der Waals surface area contributed by atoms with Gasteiger partial charge in [0.2, 0.25) is 0 Å². The van der Waals surface area contributed by atoms with Crippen LogP contribution in [0.15, 0.2) is 53.3 Å². The second kappa shape index (κ2) is 5.77. The molecule has 1 aromatic carbocycles. The van der Waals surface area contributed by atoms with Crippen molar-refractivity contribution in [2.45, 2.75) is 13.1 Å². The van der Waals surface area contributed by atoms with Gasteiger partial charge < -0.3 is 5.32 Å². The number of pyridine rings is 1. The van der Waals surface area contributed by atoms with Gasteiger partial charge in [0, 0.05) is 30.0 Å². The van der Waals surface area contributed by atoms with Crippen molar-refractivity contribution in [2.24, 2.45) is 0 Å². The van der Waals surface area contributed by atoms with Crippen LogP contribution in [0.25, 0.3) is 0 Å². The van der Waals surface area contributed by atoms with Crippen LogP contribution in [0.4, 0.5) is 0 Å². The van der Waals surface area contributed by atoms with Gasteiger partial charge in [0.1, 0.15) is 0 Å². The van der Waals surface area contributed by atoms with Gasteiger partial charge in [0.05, 0.1) is 0 Å². The average Bonchev–Trinajstić information content (AvgIpc) is 2.33. The summed E-state index contributed by atoms with van der Waals surface area (Å²) in [6.07, 6.45) is 3.67. The van der Waals surface area contributed by atoms with E-state index in [1.807, 2.05) is 24.4 Å². The van der Waals surface area contributed by atoms with Crippen LogP contribution < -0.4 is 5.32 Å². The molecule has 0 aliphatic heterocycles. The highest BCUT2D eigenvalue weighted by Gasteiger charge is 1.97. The fourth-order valence-corrected chi connectivity index (χ4v) is 1.91. The van der Waals surface area contributed by atoms with Crippen LogP contribution >= 0.6 is 15.9 Å². The monoisotopic (exact) mass is 276 g/mol. The number of nitrogens with one attached hydrogen (secondary N) is 1. The number of rotatable bonds is 4. The second-order valence-corrected chi connectivity index (χ2v) is 4.41. The Morgan fingerprint density at radius 3 is 2.69 bits per heavy atom. The molecule has 1 aromatic heterocycles. The Balaban J connectivity index is 1.87. The molecule has 0 bridgehead atoms. The largest absolute Gasteiger partial charge is 0.309 e. The number of hydrogen-bond acceptors (Lipinski definition) is 2. The van der Waals surface area contributed by atoms with E-state index in [0.717, 1.165) is 17.6 Å². The molecule has 0 saturated heterocycles. The highest BCUT2D eigenvalue weighted by molar-refractivity contribution is 9.10. The molecule has 0 radical (unpaired) electrons. The molecule has 0 amide bonds. The van der Waals surface area contributed by atoms with Gasteiger partial charge in [-0.05, 0) is 23.3 Å². The zero-order chi connectivity index (χ0) is 11.2. The van der Waals surface area contributed by atoms with Crippen molar-refractivity contribution >= 4 is 15.9 Å². The summed E-state index contributed by atoms with van der Waals surface area (Å²) in [6.45, 7) is 1.70. The summed E-state index contributed by atoms with van der Waals surface area (Å²) in [5.74, 6) is 0. The summed E-state index contributed by atoms with van der Waals surface area (Å²) in [5.41, 5.74) is 2.47. The third kappa shape index (κ3) is 3.15. The molecule has 2 aromatic rings. The van der Waals surface area contributed by atoms with E-state index in [1.165, 1.54) is 11.1 Å². The molecule has 2 nitrogen and oxygen atoms in total. The molecule has 0 atom stereocenters. The highest BCUT2D eigenvalue weighted by atomic mass is 79.9. The van der Waals surface area contributed by atoms with E-state index in [9.17, 15) is 0 Å². The number of halogens is 1. The van der Waals surface area contributed by atoms with Gasteiger partial charge in [-0.2, -0.15) is 0 Å². The Hall–Kier alpha value is -1.19. The van der Waals surface area contributed by atoms with Crippen molar-refractivity contribution in [1.29, 1.82) is 0 Å². The van der Waals surface area contributed by atoms with E-state index in [0.29, 0.717) is 0 Å². The SMILES string of the molecule is Brc1ccccc1CNCc1cccnc1. The molecular weight excluding hydrogens is 264 g/mol. The van der Waals surface area contributed by atoms with Gasteiger partial charge in [-0.1, -0.05) is 40.2 Å². The summed E-state index contributed by atoms with van der Waals surface area (Å²) in [4.78, 5) is 4.08. The molecule has 1 N–H and O–H groups in total. The van der Waals surface area contributed by atoms with Gasteiger partial charge in [0.25, 0.3) is 0 Å². The van der Waals surface area contributed by atoms with E-state index < -0.39 is 0 Å². The molecule has 2 rings (SSSR count). The van der Waals surface area contributed by atoms with Crippen molar-refractivity contribution in [3.63, 3.8) is 0 Å². The van der Waals surface area contributed by atoms with E-state index in [1.54, 1.807) is 6.20 Å². The van der Waals surface area contributed by atoms with E-state index >= 15 is 0 Å². The molecule has 0 aliphatic rings. The smallest absolute Gasteiger partial charge is 0.0312 e. The first kappa shape index (κ1) is 11.3. The van der Waals surface area contributed by atoms with Gasteiger partial charge >= 0.3 is 0 Å². The maximum absolute atomic E-state index is 4.08. The Kier molecular flexibility index (Phi) is 4.08. The van der Waals surface area contributed by atoms with Crippen LogP contribution in [0, 0.1) is 0 Å². The summed E-state index contributed by atoms with van der Waals surface area (Å²) in [6, 6.07) is 12.3. The fraction of sp³-hybridized carbons (Fsp3) is 0.154. The Morgan fingerprint density at radius 2 is 1.94 bits per heavy atom. The maximum Gasteiger partial charge on any atom is 0.0312 e. The Labute approximate surface area is 104 Å². The first-order valence-corrected chi connectivity index (χ1v) is 5.98. The molecular formula is C13H13BrN2. The lowest BCUT2D eigenvalue weighted by molar-refractivity contribution is 0.689. The average molecular weight is 277 g/mol. The summed E-state index contributed by atoms with van der Waals surface area (Å²) >= 11 is 3.53. The minimum atomic E-state index is 0.842. The Bertz CT molecular complexity index is 443. The number of nitrogens with zero attached hydrogens (tertiary/aromatic N) is 1. The lowest BCUT2D eigenvalue weighted by Gasteiger charge is -2.06. The first-order valence-electron chi connectivity index (χ1n) is 5.19. The summed E-state index contributed by atoms with van der Waals surface area (Å²) < 4.78 is 1.15. The van der Waals surface area contributed by atoms with Crippen LogP contribution in [-0.2, 0) is 13.1 Å². The lowest BCUT2D eigenvalue weighted by Crippen LogP contribution is -2.13. The van der Waals surface area contributed by atoms with E-state index in [-0.39, 0.29) is 0 Å². The molecule has 16 heavy (non-hydrogen) atoms. The van der Waals surface area contributed by atoms with E-state index in [4.69, 9.17) is 0 Å². The maximum atomic E-state index is 4.08. The predicted octanol–water partition coefficient (Wildman–Crippen LogP) is 3.13. The molecule has 0 spiro atoms. The molecule has 3 heteroatoms. The highest BCUT2D eigenvalue weighted by Crippen LogP contribution is 2.15. The molecule has 1 heterocycles. The lowest BCUT2D eigenvalue weighted by atomic mass is 10.2. The van der Waals surface area contributed by atoms with Crippen molar-refractivity contribution in [1.82, 2.24) is 10.3 Å². The number of benzene rings is 1. The van der Waals surface area contributed by atoms with E-state index in [2.05, 4.69) is 44.4 Å². The molecule has 0 aliphatic carbocycles. The van der Waals surface area contributed by atoms with Gasteiger partial charge in [-0.25, -0.2) is 0 Å². The standard InChI is InChI=1S/C13H13BrN2/c14-13-6-2-1-5-12(13)10-16-9-11-4-3-7-15-8-11/h1-8,16H,9-10H2. The van der Waals surface area contributed by atoms with Crippen LogP contribution in [0.5, 0.6) is 0 Å². The fourth-order valence-electron chi connectivity index (χ4n) is 1.49. The van der Waals surface area contributed by atoms with Crippen molar-refractivity contribution in [3.05, 3.63) is 64.4 Å². The number of aromatic nitrogens is 1. The third-order valence-corrected chi connectivity index (χ3v) is 3.10. The normalized spacial score (nSPS) is 10.3. The van der Waals surface area contributed by atoms with Gasteiger partial charge in [0.15, 0.2) is 0 Å². The van der Waals surface area contributed by atoms with Crippen molar-refractivity contribution in [3.8, 4) is 0 Å². The predicted molar refractivity (Wildman–Crippen MR) is 68.9 cm³/mol. The summed E-state index contributed by atoms with van der Waals surface area (Å²) in [5, 5.41) is 3.39. The molecule has 0 saturated carbocycles. The first-order chi connectivity index (χ1) is 7.86. The third-order valence-electron chi connectivity index (χ3n) is 2.33. The van der Waals surface area contributed by atoms with Crippen molar-refractivity contribution in [2.75, 3.05) is 0 Å². The minimum absolute atomic E-state index is 0.842. The topological polar surface area (TPSA) is 24.9 Å². The quantitative estimate of drug-likeness (QED) is 0.928.